The first-order valence-corrected chi connectivity index (χ1v) is 9.59. The molecule has 1 atom stereocenters. The SMILES string of the molecule is CCCNC(=O)NC(=O)C[NH+](C)CC(=O)Nc1ccc(N2CCOCC2)cc1. The van der Waals surface area contributed by atoms with E-state index < -0.39 is 11.9 Å². The fraction of sp³-hybridized carbons (Fsp3) is 0.526. The summed E-state index contributed by atoms with van der Waals surface area (Å²) >= 11 is 0. The third kappa shape index (κ3) is 7.53. The van der Waals surface area contributed by atoms with Gasteiger partial charge in [0.1, 0.15) is 0 Å². The van der Waals surface area contributed by atoms with Crippen LogP contribution in [0.15, 0.2) is 24.3 Å². The lowest BCUT2D eigenvalue weighted by Gasteiger charge is -2.28. The summed E-state index contributed by atoms with van der Waals surface area (Å²) in [5.74, 6) is -0.617. The van der Waals surface area contributed by atoms with Gasteiger partial charge in [0.25, 0.3) is 11.8 Å². The largest absolute Gasteiger partial charge is 0.378 e. The number of likely N-dealkylation sites (N-methyl/N-ethyl adjacent to an activating group) is 1. The van der Waals surface area contributed by atoms with Crippen LogP contribution in [-0.2, 0) is 14.3 Å². The Labute approximate surface area is 165 Å². The van der Waals surface area contributed by atoms with Crippen molar-refractivity contribution in [2.75, 3.05) is 63.2 Å². The lowest BCUT2D eigenvalue weighted by molar-refractivity contribution is -0.862. The highest BCUT2D eigenvalue weighted by Gasteiger charge is 2.16. The van der Waals surface area contributed by atoms with Crippen LogP contribution in [0, 0.1) is 0 Å². The fourth-order valence-corrected chi connectivity index (χ4v) is 2.85. The molecule has 2 rings (SSSR count). The van der Waals surface area contributed by atoms with Crippen LogP contribution in [0.4, 0.5) is 16.2 Å². The molecule has 1 aliphatic rings. The number of anilines is 2. The zero-order valence-electron chi connectivity index (χ0n) is 16.5. The average Bonchev–Trinajstić information content (AvgIpc) is 2.67. The molecule has 28 heavy (non-hydrogen) atoms. The molecule has 1 heterocycles. The van der Waals surface area contributed by atoms with Gasteiger partial charge < -0.3 is 25.2 Å². The summed E-state index contributed by atoms with van der Waals surface area (Å²) in [6.45, 7) is 5.75. The Morgan fingerprint density at radius 1 is 1.07 bits per heavy atom. The van der Waals surface area contributed by atoms with Gasteiger partial charge in [0.05, 0.1) is 20.3 Å². The number of morpholine rings is 1. The number of nitrogens with zero attached hydrogens (tertiary/aromatic N) is 1. The highest BCUT2D eigenvalue weighted by molar-refractivity contribution is 5.95. The van der Waals surface area contributed by atoms with E-state index in [1.807, 2.05) is 31.2 Å². The van der Waals surface area contributed by atoms with Crippen molar-refractivity contribution in [2.45, 2.75) is 13.3 Å². The van der Waals surface area contributed by atoms with Gasteiger partial charge in [-0.3, -0.25) is 14.9 Å². The van der Waals surface area contributed by atoms with Crippen LogP contribution >= 0.6 is 0 Å². The van der Waals surface area contributed by atoms with Crippen LogP contribution in [0.3, 0.4) is 0 Å². The number of hydrogen-bond donors (Lipinski definition) is 4. The minimum atomic E-state index is -0.510. The molecule has 0 radical (unpaired) electrons. The number of hydrogen-bond acceptors (Lipinski definition) is 5. The number of nitrogens with one attached hydrogen (secondary N) is 4. The van der Waals surface area contributed by atoms with Gasteiger partial charge >= 0.3 is 6.03 Å². The van der Waals surface area contributed by atoms with Crippen LogP contribution in [0.25, 0.3) is 0 Å². The van der Waals surface area contributed by atoms with Crippen LogP contribution in [0.5, 0.6) is 0 Å². The van der Waals surface area contributed by atoms with E-state index >= 15 is 0 Å². The van der Waals surface area contributed by atoms with E-state index in [-0.39, 0.29) is 19.0 Å². The molecule has 0 bridgehead atoms. The monoisotopic (exact) mass is 392 g/mol. The number of ether oxygens (including phenoxy) is 1. The Bertz CT molecular complexity index is 659. The van der Waals surface area contributed by atoms with Gasteiger partial charge in [-0.2, -0.15) is 0 Å². The maximum absolute atomic E-state index is 12.2. The zero-order chi connectivity index (χ0) is 20.4. The van der Waals surface area contributed by atoms with Crippen molar-refractivity contribution >= 4 is 29.2 Å². The van der Waals surface area contributed by atoms with Gasteiger partial charge in [0.15, 0.2) is 13.1 Å². The van der Waals surface area contributed by atoms with E-state index in [9.17, 15) is 14.4 Å². The summed E-state index contributed by atoms with van der Waals surface area (Å²) in [7, 11) is 1.73. The summed E-state index contributed by atoms with van der Waals surface area (Å²) < 4.78 is 5.35. The standard InChI is InChI=1S/C19H29N5O4/c1-3-8-20-19(27)22-18(26)14-23(2)13-17(25)21-15-4-6-16(7-5-15)24-9-11-28-12-10-24/h4-7H,3,8-14H2,1-2H3,(H,21,25)(H2,20,22,26,27)/p+1. The molecule has 154 valence electrons. The predicted molar refractivity (Wildman–Crippen MR) is 107 cm³/mol. The number of carbonyl (C=O) groups is 3. The molecule has 0 saturated carbocycles. The molecule has 9 nitrogen and oxygen atoms in total. The summed E-state index contributed by atoms with van der Waals surface area (Å²) in [6, 6.07) is 7.16. The van der Waals surface area contributed by atoms with Gasteiger partial charge in [-0.15, -0.1) is 0 Å². The Balaban J connectivity index is 1.73. The first-order valence-electron chi connectivity index (χ1n) is 9.59. The van der Waals surface area contributed by atoms with Crippen molar-refractivity contribution < 1.29 is 24.0 Å². The molecule has 4 amide bonds. The molecule has 0 spiro atoms. The van der Waals surface area contributed by atoms with Gasteiger partial charge in [0, 0.05) is 31.0 Å². The third-order valence-corrected chi connectivity index (χ3v) is 4.24. The molecular formula is C19H30N5O4+. The van der Waals surface area contributed by atoms with Gasteiger partial charge in [-0.25, -0.2) is 4.79 Å². The van der Waals surface area contributed by atoms with E-state index in [1.165, 1.54) is 0 Å². The number of imide groups is 1. The Morgan fingerprint density at radius 3 is 2.36 bits per heavy atom. The van der Waals surface area contributed by atoms with Crippen LogP contribution in [-0.4, -0.2) is 70.8 Å². The second-order valence-electron chi connectivity index (χ2n) is 6.81. The predicted octanol–water partition coefficient (Wildman–Crippen LogP) is -0.788. The highest BCUT2D eigenvalue weighted by atomic mass is 16.5. The van der Waals surface area contributed by atoms with Crippen LogP contribution < -0.4 is 25.8 Å². The number of quaternary nitrogens is 1. The molecule has 9 heteroatoms. The van der Waals surface area contributed by atoms with Gasteiger partial charge in [0.2, 0.25) is 0 Å². The lowest BCUT2D eigenvalue weighted by Crippen LogP contribution is -3.11. The molecular weight excluding hydrogens is 362 g/mol. The molecule has 0 aromatic heterocycles. The second kappa shape index (κ2) is 11.3. The van der Waals surface area contributed by atoms with Crippen molar-refractivity contribution in [2.24, 2.45) is 0 Å². The van der Waals surface area contributed by atoms with E-state index in [4.69, 9.17) is 4.74 Å². The highest BCUT2D eigenvalue weighted by Crippen LogP contribution is 2.18. The van der Waals surface area contributed by atoms with Crippen molar-refractivity contribution in [3.8, 4) is 0 Å². The average molecular weight is 392 g/mol. The second-order valence-corrected chi connectivity index (χ2v) is 6.81. The Hall–Kier alpha value is -2.65. The van der Waals surface area contributed by atoms with Crippen molar-refractivity contribution in [1.29, 1.82) is 0 Å². The summed E-state index contributed by atoms with van der Waals surface area (Å²) in [4.78, 5) is 38.4. The first-order chi connectivity index (χ1) is 13.5. The number of amides is 4. The fourth-order valence-electron chi connectivity index (χ4n) is 2.85. The summed E-state index contributed by atoms with van der Waals surface area (Å²) in [6.07, 6.45) is 0.792. The van der Waals surface area contributed by atoms with Gasteiger partial charge in [-0.05, 0) is 30.7 Å². The van der Waals surface area contributed by atoms with Crippen molar-refractivity contribution in [3.63, 3.8) is 0 Å². The maximum Gasteiger partial charge on any atom is 0.321 e. The summed E-state index contributed by atoms with van der Waals surface area (Å²) in [5, 5.41) is 7.65. The molecule has 1 fully saturated rings. The number of rotatable bonds is 8. The van der Waals surface area contributed by atoms with E-state index in [0.29, 0.717) is 17.1 Å². The number of benzene rings is 1. The van der Waals surface area contributed by atoms with E-state index in [1.54, 1.807) is 7.05 Å². The minimum Gasteiger partial charge on any atom is -0.378 e. The van der Waals surface area contributed by atoms with Crippen LogP contribution in [0.1, 0.15) is 13.3 Å². The maximum atomic E-state index is 12.2. The number of urea groups is 1. The first kappa shape index (κ1) is 21.6. The van der Waals surface area contributed by atoms with Crippen molar-refractivity contribution in [3.05, 3.63) is 24.3 Å². The normalized spacial score (nSPS) is 14.9. The molecule has 1 unspecified atom stereocenters. The Kier molecular flexibility index (Phi) is 8.70. The molecule has 0 aliphatic carbocycles. The molecule has 1 aromatic rings. The number of carbonyl (C=O) groups excluding carboxylic acids is 3. The van der Waals surface area contributed by atoms with Gasteiger partial charge in [-0.1, -0.05) is 6.92 Å². The minimum absolute atomic E-state index is 0.0307. The smallest absolute Gasteiger partial charge is 0.321 e. The van der Waals surface area contributed by atoms with Crippen molar-refractivity contribution in [1.82, 2.24) is 10.6 Å². The quantitative estimate of drug-likeness (QED) is 0.464. The molecule has 4 N–H and O–H groups in total. The lowest BCUT2D eigenvalue weighted by atomic mass is 10.2. The molecule has 1 saturated heterocycles. The molecule has 1 aromatic carbocycles. The third-order valence-electron chi connectivity index (χ3n) is 4.24. The zero-order valence-corrected chi connectivity index (χ0v) is 16.5. The van der Waals surface area contributed by atoms with Crippen LogP contribution in [0.2, 0.25) is 0 Å². The summed E-state index contributed by atoms with van der Waals surface area (Å²) in [5.41, 5.74) is 1.81. The van der Waals surface area contributed by atoms with E-state index in [2.05, 4.69) is 20.9 Å². The molecule has 1 aliphatic heterocycles. The Morgan fingerprint density at radius 2 is 1.71 bits per heavy atom. The topological polar surface area (TPSA) is 104 Å². The van der Waals surface area contributed by atoms with E-state index in [0.717, 1.165) is 38.4 Å².